The van der Waals surface area contributed by atoms with Crippen LogP contribution in [-0.4, -0.2) is 44.4 Å². The van der Waals surface area contributed by atoms with Gasteiger partial charge in [-0.05, 0) is 66.0 Å². The van der Waals surface area contributed by atoms with Crippen molar-refractivity contribution in [3.05, 3.63) is 96.8 Å². The van der Waals surface area contributed by atoms with E-state index in [0.717, 1.165) is 27.4 Å². The summed E-state index contributed by atoms with van der Waals surface area (Å²) >= 11 is 5.80. The Balaban J connectivity index is 1.24. The van der Waals surface area contributed by atoms with Crippen molar-refractivity contribution in [2.75, 3.05) is 16.8 Å². The summed E-state index contributed by atoms with van der Waals surface area (Å²) in [5.41, 5.74) is 4.53. The average molecular weight is 508 g/mol. The number of thiocarbonyl (C=S) groups is 1. The van der Waals surface area contributed by atoms with Gasteiger partial charge in [-0.2, -0.15) is 0 Å². The van der Waals surface area contributed by atoms with E-state index in [2.05, 4.69) is 21.4 Å². The zero-order valence-electron chi connectivity index (χ0n) is 20.0. The first kappa shape index (κ1) is 23.0. The molecule has 0 bridgehead atoms. The molecule has 2 aromatic heterocycles. The molecule has 1 aliphatic rings. The first-order valence-corrected chi connectivity index (χ1v) is 12.6. The molecule has 1 unspecified atom stereocenters. The number of carbonyl (C=O) groups excluding carboxylic acids is 2. The number of aromatic nitrogens is 2. The van der Waals surface area contributed by atoms with E-state index in [1.807, 2.05) is 90.1 Å². The van der Waals surface area contributed by atoms with E-state index in [1.54, 1.807) is 4.90 Å². The second-order valence-electron chi connectivity index (χ2n) is 9.14. The van der Waals surface area contributed by atoms with E-state index in [4.69, 9.17) is 12.2 Å². The van der Waals surface area contributed by atoms with Crippen molar-refractivity contribution in [2.45, 2.75) is 18.9 Å². The van der Waals surface area contributed by atoms with Gasteiger partial charge in [0, 0.05) is 41.0 Å². The van der Waals surface area contributed by atoms with Crippen LogP contribution in [-0.2, 0) is 16.0 Å². The van der Waals surface area contributed by atoms with Crippen LogP contribution in [0.15, 0.2) is 91.3 Å². The molecule has 1 saturated heterocycles. The summed E-state index contributed by atoms with van der Waals surface area (Å²) < 4.78 is 0. The van der Waals surface area contributed by atoms with Crippen molar-refractivity contribution in [1.82, 2.24) is 14.9 Å². The van der Waals surface area contributed by atoms with Crippen molar-refractivity contribution in [3.63, 3.8) is 0 Å². The van der Waals surface area contributed by atoms with Crippen LogP contribution in [0.5, 0.6) is 0 Å². The molecule has 1 aliphatic heterocycles. The lowest BCUT2D eigenvalue weighted by molar-refractivity contribution is -0.124. The van der Waals surface area contributed by atoms with Crippen LogP contribution < -0.4 is 10.2 Å². The number of benzene rings is 3. The van der Waals surface area contributed by atoms with Gasteiger partial charge in [0.2, 0.25) is 5.91 Å². The molecule has 0 saturated carbocycles. The van der Waals surface area contributed by atoms with Crippen molar-refractivity contribution >= 4 is 62.3 Å². The van der Waals surface area contributed by atoms with Crippen molar-refractivity contribution < 1.29 is 9.59 Å². The lowest BCUT2D eigenvalue weighted by Crippen LogP contribution is -2.39. The molecular weight excluding hydrogens is 482 g/mol. The molecule has 0 spiro atoms. The van der Waals surface area contributed by atoms with Gasteiger partial charge in [0.15, 0.2) is 5.11 Å². The highest BCUT2D eigenvalue weighted by atomic mass is 32.1. The van der Waals surface area contributed by atoms with E-state index < -0.39 is 6.04 Å². The summed E-state index contributed by atoms with van der Waals surface area (Å²) in [6.45, 7) is 0.516. The molecule has 3 aromatic carbocycles. The molecule has 3 N–H and O–H groups in total. The van der Waals surface area contributed by atoms with Gasteiger partial charge in [0.1, 0.15) is 6.04 Å². The highest BCUT2D eigenvalue weighted by Crippen LogP contribution is 2.28. The van der Waals surface area contributed by atoms with Crippen LogP contribution in [0.4, 0.5) is 11.4 Å². The number of amides is 2. The van der Waals surface area contributed by atoms with Gasteiger partial charge >= 0.3 is 0 Å². The minimum Gasteiger partial charge on any atom is -0.361 e. The van der Waals surface area contributed by atoms with Gasteiger partial charge in [0.05, 0.1) is 12.1 Å². The van der Waals surface area contributed by atoms with E-state index in [9.17, 15) is 9.59 Å². The third kappa shape index (κ3) is 4.36. The van der Waals surface area contributed by atoms with E-state index in [1.165, 1.54) is 0 Å². The topological polar surface area (TPSA) is 84.2 Å². The van der Waals surface area contributed by atoms with Gasteiger partial charge in [-0.25, -0.2) is 0 Å². The molecule has 1 atom stereocenters. The lowest BCUT2D eigenvalue weighted by atomic mass is 10.1. The molecule has 2 amide bonds. The Morgan fingerprint density at radius 2 is 1.76 bits per heavy atom. The number of para-hydroxylation sites is 2. The summed E-state index contributed by atoms with van der Waals surface area (Å²) in [5, 5.41) is 5.58. The predicted octanol–water partition coefficient (Wildman–Crippen LogP) is 5.22. The summed E-state index contributed by atoms with van der Waals surface area (Å²) in [6.07, 6.45) is 4.54. The average Bonchev–Trinajstić information content (AvgIpc) is 3.60. The number of aromatic amines is 2. The maximum Gasteiger partial charge on any atom is 0.256 e. The Kier molecular flexibility index (Phi) is 5.94. The van der Waals surface area contributed by atoms with Gasteiger partial charge < -0.3 is 20.2 Å². The fourth-order valence-corrected chi connectivity index (χ4v) is 5.41. The maximum absolute atomic E-state index is 13.6. The molecule has 5 aromatic rings. The fourth-order valence-electron chi connectivity index (χ4n) is 4.99. The van der Waals surface area contributed by atoms with Crippen LogP contribution in [0.25, 0.3) is 21.8 Å². The molecule has 8 heteroatoms. The predicted molar refractivity (Wildman–Crippen MR) is 151 cm³/mol. The Morgan fingerprint density at radius 1 is 0.946 bits per heavy atom. The zero-order chi connectivity index (χ0) is 25.4. The number of nitrogens with one attached hydrogen (secondary N) is 3. The number of H-pyrrole nitrogens is 2. The van der Waals surface area contributed by atoms with Crippen molar-refractivity contribution in [3.8, 4) is 0 Å². The second kappa shape index (κ2) is 9.55. The zero-order valence-corrected chi connectivity index (χ0v) is 20.8. The van der Waals surface area contributed by atoms with Crippen LogP contribution in [0.1, 0.15) is 12.0 Å². The number of anilines is 2. The molecule has 1 fully saturated rings. The summed E-state index contributed by atoms with van der Waals surface area (Å²) in [6, 6.07) is 24.5. The molecule has 37 heavy (non-hydrogen) atoms. The van der Waals surface area contributed by atoms with Crippen LogP contribution in [0, 0.1) is 0 Å². The van der Waals surface area contributed by atoms with E-state index >= 15 is 0 Å². The van der Waals surface area contributed by atoms with Crippen LogP contribution in [0.3, 0.4) is 0 Å². The number of nitrogens with zero attached hydrogens (tertiary/aromatic N) is 2. The van der Waals surface area contributed by atoms with E-state index in [-0.39, 0.29) is 18.2 Å². The third-order valence-corrected chi connectivity index (χ3v) is 7.26. The van der Waals surface area contributed by atoms with Crippen molar-refractivity contribution in [1.29, 1.82) is 0 Å². The summed E-state index contributed by atoms with van der Waals surface area (Å²) in [4.78, 5) is 36.7. The SMILES string of the molecule is O=C(CC1C(=O)N(c2ccccc2)C(=S)N1CCc1c[nH]c2ccccc12)Nc1ccc2cc[nH]c2c1. The molecule has 3 heterocycles. The second-order valence-corrected chi connectivity index (χ2v) is 9.51. The smallest absolute Gasteiger partial charge is 0.256 e. The lowest BCUT2D eigenvalue weighted by Gasteiger charge is -2.24. The molecule has 0 aliphatic carbocycles. The summed E-state index contributed by atoms with van der Waals surface area (Å²) in [5.74, 6) is -0.427. The molecular formula is C29H25N5O2S. The highest BCUT2D eigenvalue weighted by Gasteiger charge is 2.43. The van der Waals surface area contributed by atoms with Gasteiger partial charge in [-0.3, -0.25) is 14.5 Å². The van der Waals surface area contributed by atoms with Crippen LogP contribution in [0.2, 0.25) is 0 Å². The Morgan fingerprint density at radius 3 is 2.62 bits per heavy atom. The highest BCUT2D eigenvalue weighted by molar-refractivity contribution is 7.80. The first-order valence-electron chi connectivity index (χ1n) is 12.2. The van der Waals surface area contributed by atoms with Crippen molar-refractivity contribution in [2.24, 2.45) is 0 Å². The van der Waals surface area contributed by atoms with Crippen LogP contribution >= 0.6 is 12.2 Å². The standard InChI is InChI=1S/C29H25N5O2S/c35-27(32-21-11-10-19-12-14-30-25(19)16-21)17-26-28(36)34(22-6-2-1-3-7-22)29(37)33(26)15-13-20-18-31-24-9-5-4-8-23(20)24/h1-12,14,16,18,26,30-31H,13,15,17H2,(H,32,35). The number of fused-ring (bicyclic) bond motifs is 2. The third-order valence-electron chi connectivity index (χ3n) is 6.85. The first-order chi connectivity index (χ1) is 18.1. The minimum absolute atomic E-state index is 0.00104. The number of hydrogen-bond donors (Lipinski definition) is 3. The molecule has 184 valence electrons. The normalized spacial score (nSPS) is 15.7. The summed E-state index contributed by atoms with van der Waals surface area (Å²) in [7, 11) is 0. The largest absolute Gasteiger partial charge is 0.361 e. The Bertz CT molecular complexity index is 1620. The fraction of sp³-hybridized carbons (Fsp3) is 0.138. The monoisotopic (exact) mass is 507 g/mol. The molecule has 0 radical (unpaired) electrons. The molecule has 6 rings (SSSR count). The minimum atomic E-state index is -0.688. The Labute approximate surface area is 219 Å². The van der Waals surface area contributed by atoms with Gasteiger partial charge in [-0.15, -0.1) is 0 Å². The number of hydrogen-bond acceptors (Lipinski definition) is 3. The van der Waals surface area contributed by atoms with Gasteiger partial charge in [0.25, 0.3) is 5.91 Å². The number of rotatable bonds is 7. The van der Waals surface area contributed by atoms with E-state index in [0.29, 0.717) is 29.5 Å². The van der Waals surface area contributed by atoms with Gasteiger partial charge in [-0.1, -0.05) is 42.5 Å². The molecule has 7 nitrogen and oxygen atoms in total. The quantitative estimate of drug-likeness (QED) is 0.264. The maximum atomic E-state index is 13.6. The number of carbonyl (C=O) groups is 2. The Hall–Kier alpha value is -4.43.